The van der Waals surface area contributed by atoms with Gasteiger partial charge in [0.25, 0.3) is 0 Å². The molecule has 1 atom stereocenters. The average molecular weight is 318 g/mol. The van der Waals surface area contributed by atoms with Crippen LogP contribution in [0.3, 0.4) is 0 Å². The number of aromatic nitrogens is 1. The number of carbonyl (C=O) groups excluding carboxylic acids is 1. The molecule has 126 valence electrons. The maximum absolute atomic E-state index is 12.3. The van der Waals surface area contributed by atoms with Crippen molar-refractivity contribution in [3.8, 4) is 0 Å². The highest BCUT2D eigenvalue weighted by atomic mass is 16.5. The minimum atomic E-state index is 0.249. The summed E-state index contributed by atoms with van der Waals surface area (Å²) in [5, 5.41) is 0. The van der Waals surface area contributed by atoms with E-state index in [1.807, 2.05) is 17.0 Å². The van der Waals surface area contributed by atoms with E-state index in [0.29, 0.717) is 13.0 Å². The van der Waals surface area contributed by atoms with E-state index in [4.69, 9.17) is 9.47 Å². The molecule has 0 bridgehead atoms. The summed E-state index contributed by atoms with van der Waals surface area (Å²) in [6, 6.07) is 3.94. The van der Waals surface area contributed by atoms with Gasteiger partial charge >= 0.3 is 0 Å². The molecule has 0 aromatic carbocycles. The number of likely N-dealkylation sites (tertiary alicyclic amines) is 1. The van der Waals surface area contributed by atoms with Crippen molar-refractivity contribution in [1.82, 2.24) is 9.88 Å². The zero-order valence-electron chi connectivity index (χ0n) is 13.7. The molecule has 0 aliphatic carbocycles. The number of amides is 1. The van der Waals surface area contributed by atoms with Crippen LogP contribution in [0.15, 0.2) is 24.5 Å². The topological polar surface area (TPSA) is 51.7 Å². The molecule has 0 saturated carbocycles. The normalized spacial score (nSPS) is 22.4. The molecule has 0 N–H and O–H groups in total. The van der Waals surface area contributed by atoms with Gasteiger partial charge in [-0.3, -0.25) is 9.78 Å². The first-order valence-corrected chi connectivity index (χ1v) is 8.71. The number of hydrogen-bond donors (Lipinski definition) is 0. The minimum Gasteiger partial charge on any atom is -0.376 e. The van der Waals surface area contributed by atoms with Crippen LogP contribution in [0, 0.1) is 0 Å². The Labute approximate surface area is 138 Å². The summed E-state index contributed by atoms with van der Waals surface area (Å²) in [5.41, 5.74) is 1.17. The maximum Gasteiger partial charge on any atom is 0.222 e. The van der Waals surface area contributed by atoms with Crippen LogP contribution in [0.1, 0.15) is 37.7 Å². The van der Waals surface area contributed by atoms with Gasteiger partial charge in [-0.25, -0.2) is 0 Å². The minimum absolute atomic E-state index is 0.249. The quantitative estimate of drug-likeness (QED) is 0.807. The number of piperidine rings is 1. The largest absolute Gasteiger partial charge is 0.376 e. The van der Waals surface area contributed by atoms with E-state index in [2.05, 4.69) is 4.98 Å². The predicted octanol–water partition coefficient (Wildman–Crippen LogP) is 2.20. The third-order valence-electron chi connectivity index (χ3n) is 4.71. The third-order valence-corrected chi connectivity index (χ3v) is 4.71. The zero-order chi connectivity index (χ0) is 15.9. The van der Waals surface area contributed by atoms with Crippen molar-refractivity contribution >= 4 is 5.91 Å². The molecule has 2 saturated heterocycles. The molecule has 2 aliphatic rings. The lowest BCUT2D eigenvalue weighted by Gasteiger charge is -2.32. The summed E-state index contributed by atoms with van der Waals surface area (Å²) in [6.07, 6.45) is 9.63. The van der Waals surface area contributed by atoms with Gasteiger partial charge in [-0.05, 0) is 49.8 Å². The van der Waals surface area contributed by atoms with E-state index in [1.54, 1.807) is 12.4 Å². The van der Waals surface area contributed by atoms with Crippen LogP contribution in [0.2, 0.25) is 0 Å². The van der Waals surface area contributed by atoms with Crippen LogP contribution >= 0.6 is 0 Å². The van der Waals surface area contributed by atoms with Gasteiger partial charge in [0.2, 0.25) is 5.91 Å². The standard InChI is InChI=1S/C18H26N2O3/c21-18(4-3-15-5-9-19-10-6-15)20-11-7-16(8-12-20)23-14-17-2-1-13-22-17/h5-6,9-10,16-17H,1-4,7-8,11-14H2. The van der Waals surface area contributed by atoms with Crippen molar-refractivity contribution in [1.29, 1.82) is 0 Å². The summed E-state index contributed by atoms with van der Waals surface area (Å²) in [5.74, 6) is 0.249. The van der Waals surface area contributed by atoms with Crippen molar-refractivity contribution in [2.75, 3.05) is 26.3 Å². The van der Waals surface area contributed by atoms with Crippen LogP contribution in [0.5, 0.6) is 0 Å². The van der Waals surface area contributed by atoms with E-state index < -0.39 is 0 Å². The molecule has 1 aromatic heterocycles. The lowest BCUT2D eigenvalue weighted by molar-refractivity contribution is -0.134. The van der Waals surface area contributed by atoms with E-state index >= 15 is 0 Å². The Hall–Kier alpha value is -1.46. The molecule has 0 spiro atoms. The van der Waals surface area contributed by atoms with Gasteiger partial charge in [-0.1, -0.05) is 0 Å². The van der Waals surface area contributed by atoms with Gasteiger partial charge in [0, 0.05) is 38.5 Å². The number of hydrogen-bond acceptors (Lipinski definition) is 4. The summed E-state index contributed by atoms with van der Waals surface area (Å²) in [7, 11) is 0. The highest BCUT2D eigenvalue weighted by Crippen LogP contribution is 2.18. The molecule has 23 heavy (non-hydrogen) atoms. The van der Waals surface area contributed by atoms with Crippen molar-refractivity contribution in [3.05, 3.63) is 30.1 Å². The van der Waals surface area contributed by atoms with E-state index in [-0.39, 0.29) is 18.1 Å². The van der Waals surface area contributed by atoms with Crippen molar-refractivity contribution in [2.45, 2.75) is 50.7 Å². The summed E-state index contributed by atoms with van der Waals surface area (Å²) in [6.45, 7) is 3.20. The Bertz CT molecular complexity index is 480. The fourth-order valence-corrected chi connectivity index (χ4v) is 3.25. The van der Waals surface area contributed by atoms with Crippen LogP contribution in [-0.2, 0) is 20.7 Å². The van der Waals surface area contributed by atoms with E-state index in [1.165, 1.54) is 5.56 Å². The second kappa shape index (κ2) is 8.41. The number of carbonyl (C=O) groups is 1. The van der Waals surface area contributed by atoms with Crippen molar-refractivity contribution in [2.24, 2.45) is 0 Å². The fraction of sp³-hybridized carbons (Fsp3) is 0.667. The molecule has 1 unspecified atom stereocenters. The Balaban J connectivity index is 1.34. The molecule has 2 fully saturated rings. The number of rotatable bonds is 6. The second-order valence-corrected chi connectivity index (χ2v) is 6.40. The van der Waals surface area contributed by atoms with Gasteiger partial charge in [0.05, 0.1) is 18.8 Å². The first kappa shape index (κ1) is 16.4. The van der Waals surface area contributed by atoms with Crippen LogP contribution in [0.25, 0.3) is 0 Å². The third kappa shape index (κ3) is 5.01. The molecule has 1 aromatic rings. The Kier molecular flexibility index (Phi) is 6.00. The van der Waals surface area contributed by atoms with Gasteiger partial charge in [0.15, 0.2) is 0 Å². The number of aryl methyl sites for hydroxylation is 1. The summed E-state index contributed by atoms with van der Waals surface area (Å²) < 4.78 is 11.5. The lowest BCUT2D eigenvalue weighted by atomic mass is 10.1. The molecular weight excluding hydrogens is 292 g/mol. The smallest absolute Gasteiger partial charge is 0.222 e. The van der Waals surface area contributed by atoms with Gasteiger partial charge in [-0.15, -0.1) is 0 Å². The van der Waals surface area contributed by atoms with Crippen molar-refractivity contribution in [3.63, 3.8) is 0 Å². The Morgan fingerprint density at radius 2 is 2.04 bits per heavy atom. The summed E-state index contributed by atoms with van der Waals surface area (Å²) >= 11 is 0. The zero-order valence-corrected chi connectivity index (χ0v) is 13.7. The maximum atomic E-state index is 12.3. The highest BCUT2D eigenvalue weighted by Gasteiger charge is 2.24. The van der Waals surface area contributed by atoms with Crippen molar-refractivity contribution < 1.29 is 14.3 Å². The Morgan fingerprint density at radius 3 is 2.74 bits per heavy atom. The number of pyridine rings is 1. The molecule has 3 rings (SSSR count). The van der Waals surface area contributed by atoms with E-state index in [0.717, 1.165) is 51.8 Å². The molecule has 5 nitrogen and oxygen atoms in total. The lowest BCUT2D eigenvalue weighted by Crippen LogP contribution is -2.41. The molecular formula is C18H26N2O3. The molecule has 5 heteroatoms. The SMILES string of the molecule is O=C(CCc1ccncc1)N1CCC(OCC2CCCO2)CC1. The van der Waals surface area contributed by atoms with Gasteiger partial charge in [-0.2, -0.15) is 0 Å². The first-order chi connectivity index (χ1) is 11.3. The van der Waals surface area contributed by atoms with Gasteiger partial charge < -0.3 is 14.4 Å². The second-order valence-electron chi connectivity index (χ2n) is 6.40. The molecule has 1 amide bonds. The first-order valence-electron chi connectivity index (χ1n) is 8.71. The van der Waals surface area contributed by atoms with Gasteiger partial charge in [0.1, 0.15) is 0 Å². The highest BCUT2D eigenvalue weighted by molar-refractivity contribution is 5.76. The molecule has 2 aliphatic heterocycles. The number of nitrogens with zero attached hydrogens (tertiary/aromatic N) is 2. The van der Waals surface area contributed by atoms with E-state index in [9.17, 15) is 4.79 Å². The fourth-order valence-electron chi connectivity index (χ4n) is 3.25. The Morgan fingerprint density at radius 1 is 1.26 bits per heavy atom. The predicted molar refractivity (Wildman–Crippen MR) is 87.1 cm³/mol. The average Bonchev–Trinajstić information content (AvgIpc) is 3.13. The van der Waals surface area contributed by atoms with Crippen LogP contribution in [-0.4, -0.2) is 54.3 Å². The monoisotopic (exact) mass is 318 g/mol. The van der Waals surface area contributed by atoms with Crippen LogP contribution < -0.4 is 0 Å². The molecule has 0 radical (unpaired) electrons. The summed E-state index contributed by atoms with van der Waals surface area (Å²) in [4.78, 5) is 18.3. The molecule has 3 heterocycles. The number of ether oxygens (including phenoxy) is 2. The van der Waals surface area contributed by atoms with Crippen LogP contribution in [0.4, 0.5) is 0 Å².